The minimum atomic E-state index is 0.533. The molecule has 0 spiro atoms. The molecule has 6 heteroatoms. The van der Waals surface area contributed by atoms with Crippen LogP contribution >= 0.6 is 11.3 Å². The molecule has 5 nitrogen and oxygen atoms in total. The number of aromatic nitrogens is 1. The summed E-state index contributed by atoms with van der Waals surface area (Å²) in [7, 11) is 5.27. The van der Waals surface area contributed by atoms with E-state index in [1.807, 2.05) is 25.2 Å². The second-order valence-corrected chi connectivity index (χ2v) is 5.44. The fraction of sp³-hybridized carbons (Fsp3) is 0.333. The summed E-state index contributed by atoms with van der Waals surface area (Å²) < 4.78 is 5.19. The molecule has 0 unspecified atom stereocenters. The van der Waals surface area contributed by atoms with Crippen LogP contribution in [0.5, 0.6) is 0 Å². The second kappa shape index (κ2) is 7.75. The van der Waals surface area contributed by atoms with Gasteiger partial charge >= 0.3 is 0 Å². The monoisotopic (exact) mass is 304 g/mol. The van der Waals surface area contributed by atoms with E-state index in [2.05, 4.69) is 32.7 Å². The zero-order chi connectivity index (χ0) is 15.1. The van der Waals surface area contributed by atoms with E-state index in [-0.39, 0.29) is 0 Å². The Bertz CT molecular complexity index is 595. The Morgan fingerprint density at radius 3 is 2.71 bits per heavy atom. The summed E-state index contributed by atoms with van der Waals surface area (Å²) in [5.74, 6) is 0.746. The molecule has 0 radical (unpaired) electrons. The largest absolute Gasteiger partial charge is 0.378 e. The lowest BCUT2D eigenvalue weighted by Crippen LogP contribution is -2.34. The van der Waals surface area contributed by atoms with Gasteiger partial charge in [0.15, 0.2) is 5.96 Å². The Balaban J connectivity index is 2.26. The number of nitrogens with one attached hydrogen (secondary N) is 2. The van der Waals surface area contributed by atoms with Gasteiger partial charge in [0.1, 0.15) is 5.01 Å². The molecule has 0 saturated carbocycles. The maximum absolute atomic E-state index is 5.19. The summed E-state index contributed by atoms with van der Waals surface area (Å²) in [6.07, 6.45) is 0. The number of benzene rings is 1. The van der Waals surface area contributed by atoms with Gasteiger partial charge in [-0.2, -0.15) is 0 Å². The molecular weight excluding hydrogens is 284 g/mol. The van der Waals surface area contributed by atoms with E-state index < -0.39 is 0 Å². The average molecular weight is 304 g/mol. The van der Waals surface area contributed by atoms with Crippen LogP contribution in [0.25, 0.3) is 10.4 Å². The quantitative estimate of drug-likeness (QED) is 0.657. The maximum Gasteiger partial charge on any atom is 0.191 e. The van der Waals surface area contributed by atoms with Crippen LogP contribution in [0.2, 0.25) is 0 Å². The van der Waals surface area contributed by atoms with E-state index in [4.69, 9.17) is 4.74 Å². The van der Waals surface area contributed by atoms with E-state index in [1.165, 1.54) is 10.4 Å². The van der Waals surface area contributed by atoms with Crippen molar-refractivity contribution in [2.75, 3.05) is 21.2 Å². The first kappa shape index (κ1) is 15.5. The molecule has 0 fully saturated rings. The number of aliphatic imine (C=N–C) groups is 1. The summed E-state index contributed by atoms with van der Waals surface area (Å²) in [5, 5.41) is 7.23. The Kier molecular flexibility index (Phi) is 5.71. The first-order valence-electron chi connectivity index (χ1n) is 6.69. The predicted molar refractivity (Wildman–Crippen MR) is 87.5 cm³/mol. The molecule has 21 heavy (non-hydrogen) atoms. The first-order valence-corrected chi connectivity index (χ1v) is 7.51. The lowest BCUT2D eigenvalue weighted by molar-refractivity contribution is 0.184. The molecule has 2 N–H and O–H groups in total. The number of methoxy groups -OCH3 is 1. The van der Waals surface area contributed by atoms with Gasteiger partial charge in [0.2, 0.25) is 0 Å². The predicted octanol–water partition coefficient (Wildman–Crippen LogP) is 2.25. The average Bonchev–Trinajstić information content (AvgIpc) is 2.92. The zero-order valence-corrected chi connectivity index (χ0v) is 13.3. The van der Waals surface area contributed by atoms with Gasteiger partial charge in [-0.25, -0.2) is 4.98 Å². The van der Waals surface area contributed by atoms with Crippen LogP contribution < -0.4 is 10.6 Å². The summed E-state index contributed by atoms with van der Waals surface area (Å²) in [6.45, 7) is 1.16. The van der Waals surface area contributed by atoms with Crippen LogP contribution in [-0.4, -0.2) is 32.1 Å². The highest BCUT2D eigenvalue weighted by Crippen LogP contribution is 2.30. The maximum atomic E-state index is 5.19. The molecule has 2 aromatic rings. The van der Waals surface area contributed by atoms with Crippen LogP contribution in [0.4, 0.5) is 0 Å². The summed E-state index contributed by atoms with van der Waals surface area (Å²) in [5.41, 5.74) is 2.18. The number of rotatable bonds is 5. The van der Waals surface area contributed by atoms with Gasteiger partial charge in [-0.05, 0) is 5.56 Å². The van der Waals surface area contributed by atoms with Gasteiger partial charge in [-0.1, -0.05) is 30.3 Å². The van der Waals surface area contributed by atoms with Crippen molar-refractivity contribution in [3.8, 4) is 10.4 Å². The fourth-order valence-corrected chi connectivity index (χ4v) is 3.03. The molecular formula is C15H20N4OS. The van der Waals surface area contributed by atoms with Gasteiger partial charge in [0.25, 0.3) is 0 Å². The molecule has 0 atom stereocenters. The van der Waals surface area contributed by atoms with Gasteiger partial charge in [-0.3, -0.25) is 4.99 Å². The Morgan fingerprint density at radius 1 is 1.33 bits per heavy atom. The molecule has 0 amide bonds. The van der Waals surface area contributed by atoms with Crippen LogP contribution in [0.1, 0.15) is 10.7 Å². The van der Waals surface area contributed by atoms with Crippen molar-refractivity contribution in [2.24, 2.45) is 4.99 Å². The first-order chi connectivity index (χ1) is 10.3. The molecule has 1 aromatic carbocycles. The lowest BCUT2D eigenvalue weighted by Gasteiger charge is -2.08. The summed E-state index contributed by atoms with van der Waals surface area (Å²) in [4.78, 5) is 9.95. The molecule has 2 rings (SSSR count). The number of nitrogens with zero attached hydrogens (tertiary/aromatic N) is 2. The van der Waals surface area contributed by atoms with E-state index in [0.717, 1.165) is 16.7 Å². The van der Waals surface area contributed by atoms with Gasteiger partial charge < -0.3 is 15.4 Å². The number of guanidine groups is 1. The molecule has 0 bridgehead atoms. The van der Waals surface area contributed by atoms with E-state index in [1.54, 1.807) is 25.5 Å². The molecule has 1 heterocycles. The smallest absolute Gasteiger partial charge is 0.191 e. The number of hydrogen-bond donors (Lipinski definition) is 2. The third-order valence-electron chi connectivity index (χ3n) is 2.93. The highest BCUT2D eigenvalue weighted by Gasteiger charge is 2.13. The van der Waals surface area contributed by atoms with E-state index >= 15 is 0 Å². The SMILES string of the molecule is CN=C(NC)NCc1nc(COC)sc1-c1ccccc1. The Hall–Kier alpha value is -1.92. The molecule has 0 aliphatic rings. The second-order valence-electron chi connectivity index (χ2n) is 4.36. The number of hydrogen-bond acceptors (Lipinski definition) is 4. The van der Waals surface area contributed by atoms with Crippen LogP contribution in [0.3, 0.4) is 0 Å². The molecule has 112 valence electrons. The highest BCUT2D eigenvalue weighted by molar-refractivity contribution is 7.15. The third kappa shape index (κ3) is 4.03. The van der Waals surface area contributed by atoms with Crippen molar-refractivity contribution in [3.63, 3.8) is 0 Å². The highest BCUT2D eigenvalue weighted by atomic mass is 32.1. The van der Waals surface area contributed by atoms with E-state index in [9.17, 15) is 0 Å². The third-order valence-corrected chi connectivity index (χ3v) is 4.05. The standard InChI is InChI=1S/C15H20N4OS/c1-16-15(17-2)18-9-12-14(11-7-5-4-6-8-11)21-13(19-12)10-20-3/h4-8H,9-10H2,1-3H3,(H2,16,17,18). The Labute approximate surface area is 129 Å². The van der Waals surface area contributed by atoms with Crippen molar-refractivity contribution in [2.45, 2.75) is 13.2 Å². The number of thiazole rings is 1. The fourth-order valence-electron chi connectivity index (χ4n) is 1.97. The normalized spacial score (nSPS) is 11.5. The van der Waals surface area contributed by atoms with Gasteiger partial charge in [0.05, 0.1) is 23.7 Å². The summed E-state index contributed by atoms with van der Waals surface area (Å²) in [6, 6.07) is 10.3. The van der Waals surface area contributed by atoms with Crippen molar-refractivity contribution in [1.82, 2.24) is 15.6 Å². The van der Waals surface area contributed by atoms with Gasteiger partial charge in [-0.15, -0.1) is 11.3 Å². The van der Waals surface area contributed by atoms with Crippen LogP contribution in [0.15, 0.2) is 35.3 Å². The number of ether oxygens (including phenoxy) is 1. The topological polar surface area (TPSA) is 58.5 Å². The minimum Gasteiger partial charge on any atom is -0.378 e. The van der Waals surface area contributed by atoms with Crippen LogP contribution in [0, 0.1) is 0 Å². The van der Waals surface area contributed by atoms with Crippen LogP contribution in [-0.2, 0) is 17.9 Å². The minimum absolute atomic E-state index is 0.533. The van der Waals surface area contributed by atoms with E-state index in [0.29, 0.717) is 13.2 Å². The van der Waals surface area contributed by atoms with Crippen molar-refractivity contribution < 1.29 is 4.74 Å². The lowest BCUT2D eigenvalue weighted by atomic mass is 10.1. The van der Waals surface area contributed by atoms with Gasteiger partial charge in [0, 0.05) is 21.2 Å². The molecule has 0 saturated heterocycles. The molecule has 1 aromatic heterocycles. The van der Waals surface area contributed by atoms with Crippen molar-refractivity contribution >= 4 is 17.3 Å². The summed E-state index contributed by atoms with van der Waals surface area (Å²) >= 11 is 1.67. The zero-order valence-electron chi connectivity index (χ0n) is 12.5. The Morgan fingerprint density at radius 2 is 2.10 bits per heavy atom. The van der Waals surface area contributed by atoms with Crippen molar-refractivity contribution in [1.29, 1.82) is 0 Å². The van der Waals surface area contributed by atoms with Crippen molar-refractivity contribution in [3.05, 3.63) is 41.0 Å². The molecule has 0 aliphatic heterocycles. The molecule has 0 aliphatic carbocycles.